The number of carbonyl (C=O) groups excluding carboxylic acids is 11. The lowest BCUT2D eigenvalue weighted by Crippen LogP contribution is -2.63. The minimum Gasteiger partial charge on any atom is -0.390 e. The Kier molecular flexibility index (Phi) is 32.7. The number of allylic oxidation sites excluding steroid dienone is 2. The van der Waals surface area contributed by atoms with Crippen molar-refractivity contribution >= 4 is 65.0 Å². The summed E-state index contributed by atoms with van der Waals surface area (Å²) < 4.78 is 0. The van der Waals surface area contributed by atoms with E-state index in [-0.39, 0.29) is 55.3 Å². The van der Waals surface area contributed by atoms with Crippen molar-refractivity contribution < 1.29 is 57.8 Å². The summed E-state index contributed by atoms with van der Waals surface area (Å²) in [6, 6.07) is -1.61. The van der Waals surface area contributed by atoms with Crippen LogP contribution in [0.5, 0.6) is 0 Å². The normalized spacial score (nSPS) is 15.8. The van der Waals surface area contributed by atoms with Gasteiger partial charge in [-0.15, -0.1) is 0 Å². The molecule has 492 valence electrons. The standard InChI is InChI=1S/C64H109N11O12/c1-23-25-29-41(11)54(77)53(58(81)68-47(24-2)61(84)69(16)36-51(76)71(18)48(55(65)78)35-46-30-27-26-28-31-46)75(22)64(87)52(40(9)10)74(21)63(86)50(34-39(7)8)73(20)62(85)49(33-38(5)6)72(19)60(83)44(14)67-56(79)43(13)66-57(80)45(15)70(17)59(82)42(12)32-37(3)4/h23,25-28,30-31,37-45,47-50,52-54,77H,24,29,32-36H2,1-22H3,(H2,65,78)(H,66,80)(H,67,79)(H,68,81)/b25-23+/t41-,42-,43-,44+,45+,47-,48-,49+,50-,52-,53?,54+/m1/s1. The molecule has 0 saturated heterocycles. The predicted molar refractivity (Wildman–Crippen MR) is 336 cm³/mol. The van der Waals surface area contributed by atoms with Crippen LogP contribution in [-0.4, -0.2) is 221 Å². The average Bonchev–Trinajstić information content (AvgIpc) is 1.63. The maximum atomic E-state index is 15.1. The summed E-state index contributed by atoms with van der Waals surface area (Å²) in [5, 5.41) is 20.0. The van der Waals surface area contributed by atoms with Crippen molar-refractivity contribution in [3.63, 3.8) is 0 Å². The molecule has 0 aliphatic heterocycles. The van der Waals surface area contributed by atoms with E-state index in [0.29, 0.717) is 12.8 Å². The molecule has 1 unspecified atom stereocenters. The molecule has 0 spiro atoms. The first-order chi connectivity index (χ1) is 40.3. The molecular weight excluding hydrogens is 1110 g/mol. The van der Waals surface area contributed by atoms with Gasteiger partial charge in [0.15, 0.2) is 0 Å². The van der Waals surface area contributed by atoms with Gasteiger partial charge in [-0.1, -0.05) is 119 Å². The average molecular weight is 1220 g/mol. The molecule has 6 N–H and O–H groups in total. The molecule has 0 aromatic heterocycles. The van der Waals surface area contributed by atoms with Crippen molar-refractivity contribution in [2.75, 3.05) is 55.9 Å². The van der Waals surface area contributed by atoms with Crippen LogP contribution in [0.25, 0.3) is 0 Å². The Morgan fingerprint density at radius 3 is 1.48 bits per heavy atom. The number of benzene rings is 1. The van der Waals surface area contributed by atoms with Crippen LogP contribution in [0.15, 0.2) is 42.5 Å². The first-order valence-electron chi connectivity index (χ1n) is 30.7. The van der Waals surface area contributed by atoms with Crippen molar-refractivity contribution in [2.24, 2.45) is 41.2 Å². The number of aliphatic hydroxyl groups is 1. The highest BCUT2D eigenvalue weighted by molar-refractivity contribution is 5.98. The number of primary amides is 1. The fourth-order valence-electron chi connectivity index (χ4n) is 10.6. The molecule has 87 heavy (non-hydrogen) atoms. The number of carbonyl (C=O) groups is 11. The molecule has 0 bridgehead atoms. The zero-order chi connectivity index (χ0) is 67.2. The van der Waals surface area contributed by atoms with Crippen LogP contribution in [0.2, 0.25) is 0 Å². The molecule has 23 nitrogen and oxygen atoms in total. The highest BCUT2D eigenvalue weighted by atomic mass is 16.3. The molecule has 1 aromatic carbocycles. The van der Waals surface area contributed by atoms with Gasteiger partial charge in [0.2, 0.25) is 65.0 Å². The third-order valence-electron chi connectivity index (χ3n) is 16.2. The number of hydrogen-bond acceptors (Lipinski definition) is 12. The van der Waals surface area contributed by atoms with E-state index in [4.69, 9.17) is 5.73 Å². The molecule has 1 aromatic rings. The zero-order valence-corrected chi connectivity index (χ0v) is 56.4. The second kappa shape index (κ2) is 36.4. The zero-order valence-electron chi connectivity index (χ0n) is 56.4. The highest BCUT2D eigenvalue weighted by Crippen LogP contribution is 2.25. The van der Waals surface area contributed by atoms with Crippen LogP contribution in [0, 0.1) is 35.5 Å². The Labute approximate surface area is 519 Å². The smallest absolute Gasteiger partial charge is 0.246 e. The lowest BCUT2D eigenvalue weighted by molar-refractivity contribution is -0.157. The molecule has 0 aliphatic carbocycles. The molecule has 23 heteroatoms. The number of likely N-dealkylation sites (N-methyl/N-ethyl adjacent to an activating group) is 7. The quantitative estimate of drug-likeness (QED) is 0.0611. The first kappa shape index (κ1) is 78.1. The molecule has 11 amide bonds. The van der Waals surface area contributed by atoms with Crippen molar-refractivity contribution in [1.82, 2.24) is 50.2 Å². The Morgan fingerprint density at radius 2 is 1.01 bits per heavy atom. The van der Waals surface area contributed by atoms with Crippen molar-refractivity contribution in [3.05, 3.63) is 48.0 Å². The fourth-order valence-corrected chi connectivity index (χ4v) is 10.6. The van der Waals surface area contributed by atoms with Crippen molar-refractivity contribution in [2.45, 2.75) is 203 Å². The van der Waals surface area contributed by atoms with E-state index in [0.717, 1.165) is 15.4 Å². The van der Waals surface area contributed by atoms with Gasteiger partial charge in [0.05, 0.1) is 12.6 Å². The second-order valence-electron chi connectivity index (χ2n) is 25.4. The summed E-state index contributed by atoms with van der Waals surface area (Å²) in [6.45, 7) is 25.9. The monoisotopic (exact) mass is 1220 g/mol. The predicted octanol–water partition coefficient (Wildman–Crippen LogP) is 3.45. The van der Waals surface area contributed by atoms with Crippen LogP contribution in [-0.2, 0) is 59.2 Å². The minimum absolute atomic E-state index is 0.0421. The van der Waals surface area contributed by atoms with Gasteiger partial charge in [0.1, 0.15) is 54.4 Å². The molecule has 0 saturated carbocycles. The largest absolute Gasteiger partial charge is 0.390 e. The summed E-state index contributed by atoms with van der Waals surface area (Å²) >= 11 is 0. The number of nitrogens with one attached hydrogen (secondary N) is 3. The molecule has 0 heterocycles. The summed E-state index contributed by atoms with van der Waals surface area (Å²) in [4.78, 5) is 162. The van der Waals surface area contributed by atoms with Gasteiger partial charge in [-0.2, -0.15) is 0 Å². The van der Waals surface area contributed by atoms with Gasteiger partial charge >= 0.3 is 0 Å². The number of nitrogens with two attached hydrogens (primary N) is 1. The minimum atomic E-state index is -1.61. The van der Waals surface area contributed by atoms with Gasteiger partial charge in [0.25, 0.3) is 0 Å². The third-order valence-corrected chi connectivity index (χ3v) is 16.2. The SMILES string of the molecule is C/C=C/C[C@@H](C)[C@H](O)C(C(=O)N[C@H](CC)C(=O)N(C)CC(=O)N(C)[C@H](Cc1ccccc1)C(N)=O)N(C)C(=O)[C@@H](C(C)C)N(C)C(=O)[C@@H](CC(C)C)N(C)C(=O)[C@H](CC(C)C)N(C)C(=O)[C@H](C)NC(=O)[C@@H](C)NC(=O)[C@H](C)N(C)C(=O)[C@H](C)CC(C)C. The van der Waals surface area contributed by atoms with Gasteiger partial charge in [-0.3, -0.25) is 52.7 Å². The van der Waals surface area contributed by atoms with E-state index < -0.39 is 138 Å². The molecule has 1 rings (SSSR count). The Bertz CT molecular complexity index is 2510. The van der Waals surface area contributed by atoms with Gasteiger partial charge in [-0.25, -0.2) is 0 Å². The van der Waals surface area contributed by atoms with Crippen LogP contribution in [0.3, 0.4) is 0 Å². The van der Waals surface area contributed by atoms with Crippen LogP contribution >= 0.6 is 0 Å². The summed E-state index contributed by atoms with van der Waals surface area (Å²) in [6.07, 6.45) is 3.51. The summed E-state index contributed by atoms with van der Waals surface area (Å²) in [7, 11) is 9.99. The van der Waals surface area contributed by atoms with Gasteiger partial charge in [0, 0.05) is 61.7 Å². The molecular formula is C64H109N11O12. The fraction of sp³-hybridized carbons (Fsp3) is 0.703. The number of nitrogens with zero attached hydrogens (tertiary/aromatic N) is 7. The molecule has 12 atom stereocenters. The summed E-state index contributed by atoms with van der Waals surface area (Å²) in [5.41, 5.74) is 6.49. The van der Waals surface area contributed by atoms with Gasteiger partial charge in [-0.05, 0) is 95.0 Å². The van der Waals surface area contributed by atoms with E-state index in [1.54, 1.807) is 84.9 Å². The molecule has 0 fully saturated rings. The molecule has 0 radical (unpaired) electrons. The van der Waals surface area contributed by atoms with Crippen LogP contribution in [0.4, 0.5) is 0 Å². The first-order valence-corrected chi connectivity index (χ1v) is 30.7. The molecule has 0 aliphatic rings. The topological polar surface area (TPSA) is 293 Å². The maximum absolute atomic E-state index is 15.1. The Hall–Kier alpha value is -6.91. The van der Waals surface area contributed by atoms with Crippen molar-refractivity contribution in [1.29, 1.82) is 0 Å². The maximum Gasteiger partial charge on any atom is 0.246 e. The van der Waals surface area contributed by atoms with Crippen molar-refractivity contribution in [3.8, 4) is 0 Å². The van der Waals surface area contributed by atoms with E-state index >= 15 is 9.59 Å². The highest BCUT2D eigenvalue weighted by Gasteiger charge is 2.45. The number of aliphatic hydroxyl groups excluding tert-OH is 1. The van der Waals surface area contributed by atoms with E-state index in [2.05, 4.69) is 16.0 Å². The Morgan fingerprint density at radius 1 is 0.529 bits per heavy atom. The lowest BCUT2D eigenvalue weighted by Gasteiger charge is -2.41. The third kappa shape index (κ3) is 23.0. The van der Waals surface area contributed by atoms with E-state index in [1.165, 1.54) is 87.7 Å². The van der Waals surface area contributed by atoms with E-state index in [9.17, 15) is 48.3 Å². The lowest BCUT2D eigenvalue weighted by atomic mass is 9.91. The van der Waals surface area contributed by atoms with Gasteiger partial charge < -0.3 is 61.1 Å². The summed E-state index contributed by atoms with van der Waals surface area (Å²) in [5.74, 6) is -8.42. The number of hydrogen-bond donors (Lipinski definition) is 5. The Balaban J connectivity index is 3.58. The van der Waals surface area contributed by atoms with Crippen LogP contribution < -0.4 is 21.7 Å². The van der Waals surface area contributed by atoms with E-state index in [1.807, 2.05) is 47.6 Å². The second-order valence-corrected chi connectivity index (χ2v) is 25.4. The number of amides is 11. The number of rotatable bonds is 35. The van der Waals surface area contributed by atoms with Crippen LogP contribution in [0.1, 0.15) is 142 Å².